The monoisotopic (exact) mass is 374 g/mol. The molecule has 0 aliphatic rings. The molecule has 0 spiro atoms. The van der Waals surface area contributed by atoms with Crippen molar-refractivity contribution < 1.29 is 13.9 Å². The number of furan rings is 1. The number of aryl methyl sites for hydroxylation is 1. The Morgan fingerprint density at radius 2 is 1.89 bits per heavy atom. The summed E-state index contributed by atoms with van der Waals surface area (Å²) in [5.74, 6) is 0.947. The van der Waals surface area contributed by atoms with Crippen LogP contribution in [0.15, 0.2) is 59.0 Å². The molecule has 0 atom stereocenters. The molecule has 0 saturated carbocycles. The summed E-state index contributed by atoms with van der Waals surface area (Å²) in [6.07, 6.45) is 0.738. The SMILES string of the molecule is CCOc1ccc(CCNC(=O)c2cc3c(C)nc4ccccc4c3o2)cc1. The number of fused-ring (bicyclic) bond motifs is 3. The molecule has 0 radical (unpaired) electrons. The zero-order valence-electron chi connectivity index (χ0n) is 16.0. The first kappa shape index (κ1) is 18.0. The molecule has 0 aliphatic heterocycles. The smallest absolute Gasteiger partial charge is 0.287 e. The van der Waals surface area contributed by atoms with Gasteiger partial charge < -0.3 is 14.5 Å². The zero-order chi connectivity index (χ0) is 19.5. The quantitative estimate of drug-likeness (QED) is 0.533. The molecule has 142 valence electrons. The van der Waals surface area contributed by atoms with Gasteiger partial charge in [-0.05, 0) is 56.2 Å². The van der Waals surface area contributed by atoms with E-state index in [2.05, 4.69) is 10.3 Å². The minimum atomic E-state index is -0.217. The van der Waals surface area contributed by atoms with Crippen LogP contribution in [0.5, 0.6) is 5.75 Å². The van der Waals surface area contributed by atoms with Crippen molar-refractivity contribution in [2.24, 2.45) is 0 Å². The standard InChI is InChI=1S/C23H22N2O3/c1-3-27-17-10-8-16(9-11-17)12-13-24-23(26)21-14-19-15(2)25-20-7-5-4-6-18(20)22(19)28-21/h4-11,14H,3,12-13H2,1-2H3,(H,24,26). The average molecular weight is 374 g/mol. The van der Waals surface area contributed by atoms with Crippen molar-refractivity contribution >= 4 is 27.8 Å². The van der Waals surface area contributed by atoms with Crippen molar-refractivity contribution in [2.75, 3.05) is 13.2 Å². The van der Waals surface area contributed by atoms with Gasteiger partial charge in [0.2, 0.25) is 0 Å². The van der Waals surface area contributed by atoms with E-state index < -0.39 is 0 Å². The van der Waals surface area contributed by atoms with E-state index in [-0.39, 0.29) is 5.91 Å². The molecule has 2 aromatic heterocycles. The van der Waals surface area contributed by atoms with Gasteiger partial charge in [0.1, 0.15) is 11.3 Å². The zero-order valence-corrected chi connectivity index (χ0v) is 16.0. The summed E-state index contributed by atoms with van der Waals surface area (Å²) in [5.41, 5.74) is 3.56. The maximum absolute atomic E-state index is 12.5. The van der Waals surface area contributed by atoms with Gasteiger partial charge in [0.05, 0.1) is 12.1 Å². The Balaban J connectivity index is 1.47. The fourth-order valence-electron chi connectivity index (χ4n) is 3.30. The number of amides is 1. The highest BCUT2D eigenvalue weighted by molar-refractivity contribution is 6.06. The van der Waals surface area contributed by atoms with Gasteiger partial charge in [0.25, 0.3) is 5.91 Å². The van der Waals surface area contributed by atoms with Crippen molar-refractivity contribution in [1.29, 1.82) is 0 Å². The largest absolute Gasteiger partial charge is 0.494 e. The Bertz CT molecular complexity index is 1130. The van der Waals surface area contributed by atoms with Crippen molar-refractivity contribution in [3.63, 3.8) is 0 Å². The molecule has 0 fully saturated rings. The molecule has 2 aromatic carbocycles. The van der Waals surface area contributed by atoms with Crippen molar-refractivity contribution in [3.05, 3.63) is 71.6 Å². The number of rotatable bonds is 6. The number of hydrogen-bond acceptors (Lipinski definition) is 4. The summed E-state index contributed by atoms with van der Waals surface area (Å²) in [6.45, 7) is 5.07. The second-order valence-electron chi connectivity index (χ2n) is 6.65. The van der Waals surface area contributed by atoms with Crippen LogP contribution in [0.3, 0.4) is 0 Å². The molecule has 4 rings (SSSR count). The fourth-order valence-corrected chi connectivity index (χ4v) is 3.30. The maximum Gasteiger partial charge on any atom is 0.287 e. The first-order valence-electron chi connectivity index (χ1n) is 9.44. The van der Waals surface area contributed by atoms with Crippen molar-refractivity contribution in [1.82, 2.24) is 10.3 Å². The number of carbonyl (C=O) groups is 1. The van der Waals surface area contributed by atoms with E-state index in [1.807, 2.05) is 62.4 Å². The van der Waals surface area contributed by atoms with E-state index in [0.29, 0.717) is 24.5 Å². The molecule has 0 saturated heterocycles. The van der Waals surface area contributed by atoms with E-state index in [4.69, 9.17) is 9.15 Å². The summed E-state index contributed by atoms with van der Waals surface area (Å²) in [7, 11) is 0. The van der Waals surface area contributed by atoms with Gasteiger partial charge >= 0.3 is 0 Å². The third-order valence-corrected chi connectivity index (χ3v) is 4.72. The number of nitrogens with one attached hydrogen (secondary N) is 1. The van der Waals surface area contributed by atoms with Crippen LogP contribution in [-0.4, -0.2) is 24.0 Å². The van der Waals surface area contributed by atoms with Gasteiger partial charge in [-0.2, -0.15) is 0 Å². The maximum atomic E-state index is 12.5. The lowest BCUT2D eigenvalue weighted by molar-refractivity contribution is 0.0928. The van der Waals surface area contributed by atoms with Gasteiger partial charge in [-0.1, -0.05) is 24.3 Å². The molecule has 0 bridgehead atoms. The predicted octanol–water partition coefficient (Wildman–Crippen LogP) is 4.66. The van der Waals surface area contributed by atoms with Crippen LogP contribution >= 0.6 is 0 Å². The van der Waals surface area contributed by atoms with E-state index in [0.717, 1.165) is 39.7 Å². The van der Waals surface area contributed by atoms with Gasteiger partial charge in [0, 0.05) is 23.0 Å². The third-order valence-electron chi connectivity index (χ3n) is 4.72. The van der Waals surface area contributed by atoms with E-state index >= 15 is 0 Å². The van der Waals surface area contributed by atoms with Crippen LogP contribution in [0.1, 0.15) is 28.7 Å². The first-order valence-corrected chi connectivity index (χ1v) is 9.44. The lowest BCUT2D eigenvalue weighted by atomic mass is 10.1. The Kier molecular flexibility index (Phi) is 4.98. The Hall–Kier alpha value is -3.34. The van der Waals surface area contributed by atoms with Gasteiger partial charge in [-0.25, -0.2) is 0 Å². The highest BCUT2D eigenvalue weighted by Crippen LogP contribution is 2.29. The van der Waals surface area contributed by atoms with E-state index in [1.54, 1.807) is 6.07 Å². The van der Waals surface area contributed by atoms with E-state index in [9.17, 15) is 4.79 Å². The summed E-state index contributed by atoms with van der Waals surface area (Å²) >= 11 is 0. The first-order chi connectivity index (χ1) is 13.7. The number of ether oxygens (including phenoxy) is 1. The number of para-hydroxylation sites is 1. The number of pyridine rings is 1. The normalized spacial score (nSPS) is 11.1. The number of hydrogen-bond donors (Lipinski definition) is 1. The Labute approximate surface area is 163 Å². The summed E-state index contributed by atoms with van der Waals surface area (Å²) in [5, 5.41) is 4.72. The molecule has 5 heteroatoms. The van der Waals surface area contributed by atoms with Crippen LogP contribution in [0.25, 0.3) is 21.9 Å². The van der Waals surface area contributed by atoms with Gasteiger partial charge in [-0.15, -0.1) is 0 Å². The molecule has 4 aromatic rings. The molecule has 5 nitrogen and oxygen atoms in total. The highest BCUT2D eigenvalue weighted by Gasteiger charge is 2.16. The number of benzene rings is 2. The highest BCUT2D eigenvalue weighted by atomic mass is 16.5. The minimum absolute atomic E-state index is 0.217. The number of nitrogens with zero attached hydrogens (tertiary/aromatic N) is 1. The topological polar surface area (TPSA) is 64.4 Å². The Morgan fingerprint density at radius 3 is 2.68 bits per heavy atom. The fraction of sp³-hybridized carbons (Fsp3) is 0.217. The van der Waals surface area contributed by atoms with Gasteiger partial charge in [-0.3, -0.25) is 9.78 Å². The van der Waals surface area contributed by atoms with Crippen molar-refractivity contribution in [2.45, 2.75) is 20.3 Å². The van der Waals surface area contributed by atoms with Crippen LogP contribution in [0.2, 0.25) is 0 Å². The van der Waals surface area contributed by atoms with Crippen LogP contribution in [0, 0.1) is 6.92 Å². The molecule has 0 unspecified atom stereocenters. The molecular weight excluding hydrogens is 352 g/mol. The molecule has 0 aliphatic carbocycles. The summed E-state index contributed by atoms with van der Waals surface area (Å²) in [4.78, 5) is 17.1. The van der Waals surface area contributed by atoms with E-state index in [1.165, 1.54) is 0 Å². The minimum Gasteiger partial charge on any atom is -0.494 e. The predicted molar refractivity (Wildman–Crippen MR) is 110 cm³/mol. The second-order valence-corrected chi connectivity index (χ2v) is 6.65. The molecule has 2 heterocycles. The lowest BCUT2D eigenvalue weighted by Crippen LogP contribution is -2.25. The lowest BCUT2D eigenvalue weighted by Gasteiger charge is -2.06. The molecule has 1 N–H and O–H groups in total. The van der Waals surface area contributed by atoms with Crippen LogP contribution < -0.4 is 10.1 Å². The van der Waals surface area contributed by atoms with Crippen LogP contribution in [-0.2, 0) is 6.42 Å². The summed E-state index contributed by atoms with van der Waals surface area (Å²) in [6, 6.07) is 17.5. The van der Waals surface area contributed by atoms with Crippen molar-refractivity contribution in [3.8, 4) is 5.75 Å². The average Bonchev–Trinajstić information content (AvgIpc) is 3.16. The molecular formula is C23H22N2O3. The van der Waals surface area contributed by atoms with Crippen LogP contribution in [0.4, 0.5) is 0 Å². The molecule has 28 heavy (non-hydrogen) atoms. The molecule has 1 amide bonds. The number of carbonyl (C=O) groups excluding carboxylic acids is 1. The van der Waals surface area contributed by atoms with Gasteiger partial charge in [0.15, 0.2) is 5.76 Å². The summed E-state index contributed by atoms with van der Waals surface area (Å²) < 4.78 is 11.3. The Morgan fingerprint density at radius 1 is 1.11 bits per heavy atom. The second kappa shape index (κ2) is 7.72. The number of aromatic nitrogens is 1. The third kappa shape index (κ3) is 3.56.